The average molecular weight is 620 g/mol. The van der Waals surface area contributed by atoms with Crippen molar-refractivity contribution in [3.8, 4) is 11.5 Å². The summed E-state index contributed by atoms with van der Waals surface area (Å²) in [6, 6.07) is 15.2. The zero-order valence-corrected chi connectivity index (χ0v) is 25.4. The van der Waals surface area contributed by atoms with Gasteiger partial charge in [0.25, 0.3) is 0 Å². The van der Waals surface area contributed by atoms with Crippen LogP contribution in [0.3, 0.4) is 0 Å². The Morgan fingerprint density at radius 3 is 2.29 bits per heavy atom. The molecule has 0 saturated carbocycles. The van der Waals surface area contributed by atoms with E-state index in [1.165, 1.54) is 13.3 Å². The third-order valence-electron chi connectivity index (χ3n) is 8.06. The Morgan fingerprint density at radius 1 is 1.00 bits per heavy atom. The molecule has 2 aliphatic rings. The van der Waals surface area contributed by atoms with Crippen LogP contribution in [-0.2, 0) is 4.79 Å². The van der Waals surface area contributed by atoms with Gasteiger partial charge in [0.1, 0.15) is 5.75 Å². The first-order valence-electron chi connectivity index (χ1n) is 13.7. The summed E-state index contributed by atoms with van der Waals surface area (Å²) in [5.41, 5.74) is 2.43. The first-order valence-corrected chi connectivity index (χ1v) is 15.9. The minimum atomic E-state index is -1.20. The summed E-state index contributed by atoms with van der Waals surface area (Å²) in [7, 11) is 3.16. The maximum atomic E-state index is 13.2. The zero-order chi connectivity index (χ0) is 29.1. The normalized spacial score (nSPS) is 20.6. The minimum Gasteiger partial charge on any atom is -0.479 e. The summed E-state index contributed by atoms with van der Waals surface area (Å²) in [5, 5.41) is 12.3. The van der Waals surface area contributed by atoms with E-state index < -0.39 is 33.7 Å². The summed E-state index contributed by atoms with van der Waals surface area (Å²) >= 11 is -0.840. The number of rotatable bonds is 10. The molecule has 1 amide bonds. The molecule has 3 heterocycles. The number of piperidine rings is 1. The summed E-state index contributed by atoms with van der Waals surface area (Å²) in [6.45, 7) is 1.95. The third kappa shape index (κ3) is 6.10. The van der Waals surface area contributed by atoms with Crippen molar-refractivity contribution in [2.45, 2.75) is 55.4 Å². The molecule has 2 saturated heterocycles. The summed E-state index contributed by atoms with van der Waals surface area (Å²) < 4.78 is 11.2. The topological polar surface area (TPSA) is 118 Å². The Hall–Kier alpha value is -3.84. The van der Waals surface area contributed by atoms with Crippen LogP contribution in [0, 0.1) is 6.92 Å². The van der Waals surface area contributed by atoms with E-state index in [1.807, 2.05) is 31.2 Å². The van der Waals surface area contributed by atoms with Crippen LogP contribution in [0.15, 0.2) is 60.8 Å². The number of carbonyl (C=O) groups is 3. The fraction of sp³-hybridized carbons (Fsp3) is 0.355. The Kier molecular flexibility index (Phi) is 8.64. The van der Waals surface area contributed by atoms with Gasteiger partial charge in [0.2, 0.25) is 0 Å². The molecule has 2 fully saturated rings. The fourth-order valence-electron chi connectivity index (χ4n) is 5.99. The zero-order valence-electron chi connectivity index (χ0n) is 23.3. The molecular weight excluding hydrogens is 585 g/mol. The number of carbonyl (C=O) groups excluding carboxylic acids is 2. The third-order valence-corrected chi connectivity index (χ3v) is 11.0. The molecule has 2 N–H and O–H groups in total. The monoisotopic (exact) mass is 619 g/mol. The smallest absolute Gasteiger partial charge is 0.479 e. The van der Waals surface area contributed by atoms with Crippen LogP contribution in [-0.4, -0.2) is 68.6 Å². The van der Waals surface area contributed by atoms with Gasteiger partial charge in [-0.25, -0.2) is 4.79 Å². The number of carboxylic acid groups (broad SMARTS) is 1. The summed E-state index contributed by atoms with van der Waals surface area (Å²) in [5.74, 6) is 0.497. The molecular formula is C31H34AsN3O6. The van der Waals surface area contributed by atoms with Gasteiger partial charge in [0.05, 0.1) is 7.11 Å². The van der Waals surface area contributed by atoms with Gasteiger partial charge in [-0.05, 0) is 12.1 Å². The van der Waals surface area contributed by atoms with Crippen LogP contribution in [0.2, 0.25) is 4.71 Å². The van der Waals surface area contributed by atoms with E-state index in [0.29, 0.717) is 33.7 Å². The fourth-order valence-corrected chi connectivity index (χ4v) is 9.29. The molecule has 2 bridgehead atoms. The Bertz CT molecular complexity index is 1410. The molecule has 0 spiro atoms. The van der Waals surface area contributed by atoms with E-state index in [2.05, 4.69) is 15.2 Å². The van der Waals surface area contributed by atoms with Gasteiger partial charge in [-0.15, -0.1) is 0 Å². The number of carboxylic acids is 1. The number of fused-ring (bicyclic) bond motifs is 2. The van der Waals surface area contributed by atoms with E-state index in [9.17, 15) is 19.5 Å². The number of nitrogens with one attached hydrogen (secondary N) is 1. The van der Waals surface area contributed by atoms with Crippen LogP contribution in [0.5, 0.6) is 11.5 Å². The number of hydrogen-bond donors (Lipinski definition) is 2. The minimum absolute atomic E-state index is 0.280. The van der Waals surface area contributed by atoms with Crippen molar-refractivity contribution in [2.24, 2.45) is 0 Å². The SMILES string of the molecule is COc1ccc([C@H](NC(=O)c2ccc(N3C4CCC3CC([AsH]C(=O)c3cccc(OC)c3C)C4)nc2)C(=O)O)cc1. The Morgan fingerprint density at radius 2 is 1.71 bits per heavy atom. The molecule has 214 valence electrons. The van der Waals surface area contributed by atoms with Crippen molar-refractivity contribution in [1.29, 1.82) is 0 Å². The number of amides is 1. The standard InChI is InChI=1S/C31H34AsN3O6/c1-18-25(5-4-6-26(18)41-3)29(36)32-21-15-22-10-11-23(16-21)35(22)27-14-9-20(17-33-27)30(37)34-28(31(38)39)19-7-12-24(40-2)13-8-19/h4-9,12-14,17,21-23,28,32H,10-11,15-16H2,1-3H3,(H,34,37)(H,38,39)/t21?,22?,23?,28-/m0/s1. The van der Waals surface area contributed by atoms with Crippen LogP contribution in [0.25, 0.3) is 0 Å². The van der Waals surface area contributed by atoms with Gasteiger partial charge >= 0.3 is 195 Å². The van der Waals surface area contributed by atoms with Crippen molar-refractivity contribution < 1.29 is 29.0 Å². The van der Waals surface area contributed by atoms with Crippen LogP contribution >= 0.6 is 0 Å². The predicted molar refractivity (Wildman–Crippen MR) is 157 cm³/mol. The number of pyridine rings is 1. The molecule has 41 heavy (non-hydrogen) atoms. The van der Waals surface area contributed by atoms with Gasteiger partial charge in [-0.3, -0.25) is 0 Å². The molecule has 3 unspecified atom stereocenters. The first-order chi connectivity index (χ1) is 19.8. The van der Waals surface area contributed by atoms with Crippen LogP contribution in [0.4, 0.5) is 5.82 Å². The first kappa shape index (κ1) is 28.7. The number of hydrogen-bond acceptors (Lipinski definition) is 7. The van der Waals surface area contributed by atoms with E-state index in [1.54, 1.807) is 37.4 Å². The van der Waals surface area contributed by atoms with Crippen molar-refractivity contribution in [2.75, 3.05) is 19.1 Å². The summed E-state index contributed by atoms with van der Waals surface area (Å²) in [6.07, 6.45) is 5.57. The molecule has 0 radical (unpaired) electrons. The molecule has 2 aromatic carbocycles. The second-order valence-electron chi connectivity index (χ2n) is 10.5. The van der Waals surface area contributed by atoms with Gasteiger partial charge < -0.3 is 9.84 Å². The van der Waals surface area contributed by atoms with Gasteiger partial charge in [-0.1, -0.05) is 12.1 Å². The van der Waals surface area contributed by atoms with Crippen molar-refractivity contribution in [3.05, 3.63) is 83.0 Å². The molecule has 9 nitrogen and oxygen atoms in total. The molecule has 5 rings (SSSR count). The van der Waals surface area contributed by atoms with E-state index >= 15 is 0 Å². The van der Waals surface area contributed by atoms with E-state index in [0.717, 1.165) is 48.4 Å². The van der Waals surface area contributed by atoms with Crippen molar-refractivity contribution >= 4 is 38.0 Å². The Labute approximate surface area is 245 Å². The second-order valence-corrected chi connectivity index (χ2v) is 13.8. The summed E-state index contributed by atoms with van der Waals surface area (Å²) in [4.78, 5) is 45.0. The van der Waals surface area contributed by atoms with Crippen molar-refractivity contribution in [3.63, 3.8) is 0 Å². The van der Waals surface area contributed by atoms with Crippen molar-refractivity contribution in [1.82, 2.24) is 10.3 Å². The maximum absolute atomic E-state index is 13.2. The van der Waals surface area contributed by atoms with Crippen LogP contribution in [0.1, 0.15) is 63.6 Å². The Balaban J connectivity index is 1.22. The number of benzene rings is 2. The quantitative estimate of drug-likeness (QED) is 0.325. The second kappa shape index (κ2) is 12.4. The van der Waals surface area contributed by atoms with Gasteiger partial charge in [0.15, 0.2) is 0 Å². The molecule has 1 aromatic heterocycles. The number of anilines is 1. The van der Waals surface area contributed by atoms with E-state index in [-0.39, 0.29) is 4.57 Å². The average Bonchev–Trinajstić information content (AvgIpc) is 3.25. The molecule has 2 aliphatic heterocycles. The van der Waals surface area contributed by atoms with Crippen LogP contribution < -0.4 is 19.7 Å². The number of aliphatic carboxylic acids is 1. The molecule has 10 heteroatoms. The number of nitrogens with zero attached hydrogens (tertiary/aromatic N) is 2. The van der Waals surface area contributed by atoms with Gasteiger partial charge in [0, 0.05) is 0 Å². The number of methoxy groups -OCH3 is 2. The molecule has 4 atom stereocenters. The van der Waals surface area contributed by atoms with Gasteiger partial charge in [-0.2, -0.15) is 0 Å². The number of aromatic nitrogens is 1. The van der Waals surface area contributed by atoms with E-state index in [4.69, 9.17) is 9.47 Å². The molecule has 3 aromatic rings. The predicted octanol–water partition coefficient (Wildman–Crippen LogP) is 4.16. The number of ether oxygens (including phenoxy) is 2. The molecule has 0 aliphatic carbocycles.